The first-order valence-electron chi connectivity index (χ1n) is 7.50. The van der Waals surface area contributed by atoms with Crippen LogP contribution in [0.1, 0.15) is 50.2 Å². The molecule has 0 N–H and O–H groups in total. The second-order valence-corrected chi connectivity index (χ2v) is 5.23. The fourth-order valence-electron chi connectivity index (χ4n) is 2.72. The monoisotopic (exact) mass is 252 g/mol. The summed E-state index contributed by atoms with van der Waals surface area (Å²) in [5.74, 6) is 0. The highest BCUT2D eigenvalue weighted by Gasteiger charge is 2.04. The van der Waals surface area contributed by atoms with Crippen LogP contribution < -0.4 is 0 Å². The van der Waals surface area contributed by atoms with Gasteiger partial charge in [0, 0.05) is 0 Å². The third kappa shape index (κ3) is 3.47. The Labute approximate surface area is 117 Å². The molecule has 100 valence electrons. The zero-order valence-electron chi connectivity index (χ0n) is 12.0. The lowest BCUT2D eigenvalue weighted by Crippen LogP contribution is -1.91. The highest BCUT2D eigenvalue weighted by molar-refractivity contribution is 5.91. The van der Waals surface area contributed by atoms with E-state index in [9.17, 15) is 0 Å². The standard InChI is InChI=1S/C19H24/c1-3-5-6-7-8-11-16-14-15-17-12-9-10-13-19(17)18(16)4-2/h4,9-10,12-15H,2-3,5-8,11H2,1H3. The van der Waals surface area contributed by atoms with E-state index in [2.05, 4.69) is 49.9 Å². The second kappa shape index (κ2) is 7.13. The van der Waals surface area contributed by atoms with Crippen molar-refractivity contribution in [2.24, 2.45) is 0 Å². The van der Waals surface area contributed by atoms with Gasteiger partial charge in [-0.05, 0) is 34.7 Å². The molecule has 0 radical (unpaired) electrons. The first-order valence-corrected chi connectivity index (χ1v) is 7.50. The molecule has 2 aromatic rings. The molecular formula is C19H24. The summed E-state index contributed by atoms with van der Waals surface area (Å²) < 4.78 is 0. The van der Waals surface area contributed by atoms with Crippen LogP contribution in [0, 0.1) is 0 Å². The van der Waals surface area contributed by atoms with E-state index < -0.39 is 0 Å². The van der Waals surface area contributed by atoms with Gasteiger partial charge in [-0.3, -0.25) is 0 Å². The molecule has 0 amide bonds. The molecule has 0 aliphatic carbocycles. The fourth-order valence-corrected chi connectivity index (χ4v) is 2.72. The Hall–Kier alpha value is -1.56. The van der Waals surface area contributed by atoms with Gasteiger partial charge in [-0.25, -0.2) is 0 Å². The summed E-state index contributed by atoms with van der Waals surface area (Å²) >= 11 is 0. The van der Waals surface area contributed by atoms with Crippen LogP contribution in [0.4, 0.5) is 0 Å². The number of aryl methyl sites for hydroxylation is 1. The first kappa shape index (κ1) is 13.9. The van der Waals surface area contributed by atoms with Crippen molar-refractivity contribution in [3.05, 3.63) is 54.1 Å². The molecule has 0 aliphatic heterocycles. The molecule has 0 spiro atoms. The Morgan fingerprint density at radius 1 is 0.947 bits per heavy atom. The molecule has 0 saturated carbocycles. The summed E-state index contributed by atoms with van der Waals surface area (Å²) in [6.07, 6.45) is 9.88. The van der Waals surface area contributed by atoms with E-state index in [0.29, 0.717) is 0 Å². The van der Waals surface area contributed by atoms with Crippen LogP contribution in [0.15, 0.2) is 43.0 Å². The fraction of sp³-hybridized carbons (Fsp3) is 0.368. The van der Waals surface area contributed by atoms with Crippen LogP contribution in [0.3, 0.4) is 0 Å². The van der Waals surface area contributed by atoms with Crippen molar-refractivity contribution in [2.45, 2.75) is 45.4 Å². The summed E-state index contributed by atoms with van der Waals surface area (Å²) in [6.45, 7) is 6.26. The second-order valence-electron chi connectivity index (χ2n) is 5.23. The zero-order chi connectivity index (χ0) is 13.5. The highest BCUT2D eigenvalue weighted by Crippen LogP contribution is 2.25. The Kier molecular flexibility index (Phi) is 5.20. The molecule has 0 aliphatic rings. The Bertz CT molecular complexity index is 537. The number of unbranched alkanes of at least 4 members (excludes halogenated alkanes) is 4. The third-order valence-corrected chi connectivity index (χ3v) is 3.81. The molecule has 0 nitrogen and oxygen atoms in total. The van der Waals surface area contributed by atoms with Crippen molar-refractivity contribution in [1.29, 1.82) is 0 Å². The minimum atomic E-state index is 1.18. The minimum absolute atomic E-state index is 1.18. The molecule has 2 aromatic carbocycles. The van der Waals surface area contributed by atoms with Gasteiger partial charge in [-0.2, -0.15) is 0 Å². The van der Waals surface area contributed by atoms with Crippen LogP contribution in [0.25, 0.3) is 16.8 Å². The Morgan fingerprint density at radius 2 is 1.74 bits per heavy atom. The molecule has 0 bridgehead atoms. The van der Waals surface area contributed by atoms with E-state index in [1.165, 1.54) is 60.4 Å². The Balaban J connectivity index is 2.12. The van der Waals surface area contributed by atoms with Gasteiger partial charge in [-0.15, -0.1) is 0 Å². The van der Waals surface area contributed by atoms with E-state index in [1.54, 1.807) is 0 Å². The lowest BCUT2D eigenvalue weighted by Gasteiger charge is -2.10. The van der Waals surface area contributed by atoms with E-state index in [0.717, 1.165) is 0 Å². The summed E-state index contributed by atoms with van der Waals surface area (Å²) in [4.78, 5) is 0. The topological polar surface area (TPSA) is 0 Å². The van der Waals surface area contributed by atoms with Gasteiger partial charge in [0.05, 0.1) is 0 Å². The van der Waals surface area contributed by atoms with Crippen LogP contribution in [0.2, 0.25) is 0 Å². The number of hydrogen-bond acceptors (Lipinski definition) is 0. The van der Waals surface area contributed by atoms with E-state index in [-0.39, 0.29) is 0 Å². The summed E-state index contributed by atoms with van der Waals surface area (Å²) in [5.41, 5.74) is 2.78. The van der Waals surface area contributed by atoms with Gasteiger partial charge < -0.3 is 0 Å². The molecule has 0 unspecified atom stereocenters. The van der Waals surface area contributed by atoms with Crippen LogP contribution in [-0.4, -0.2) is 0 Å². The predicted octanol–water partition coefficient (Wildman–Crippen LogP) is 6.00. The maximum atomic E-state index is 4.00. The summed E-state index contributed by atoms with van der Waals surface area (Å²) in [7, 11) is 0. The zero-order valence-corrected chi connectivity index (χ0v) is 12.0. The molecule has 0 saturated heterocycles. The molecule has 0 heterocycles. The summed E-state index contributed by atoms with van der Waals surface area (Å²) in [6, 6.07) is 13.1. The van der Waals surface area contributed by atoms with E-state index >= 15 is 0 Å². The van der Waals surface area contributed by atoms with Gasteiger partial charge in [0.25, 0.3) is 0 Å². The molecule has 19 heavy (non-hydrogen) atoms. The molecule has 0 heteroatoms. The summed E-state index contributed by atoms with van der Waals surface area (Å²) in [5, 5.41) is 2.65. The smallest absolute Gasteiger partial charge is 0.0109 e. The van der Waals surface area contributed by atoms with E-state index in [4.69, 9.17) is 0 Å². The van der Waals surface area contributed by atoms with E-state index in [1.807, 2.05) is 6.08 Å². The number of rotatable bonds is 7. The predicted molar refractivity (Wildman–Crippen MR) is 86.5 cm³/mol. The molecular weight excluding hydrogens is 228 g/mol. The Morgan fingerprint density at radius 3 is 2.53 bits per heavy atom. The lowest BCUT2D eigenvalue weighted by atomic mass is 9.95. The first-order chi connectivity index (χ1) is 9.36. The molecule has 2 rings (SSSR count). The normalized spacial score (nSPS) is 10.8. The maximum absolute atomic E-state index is 4.00. The number of benzene rings is 2. The molecule has 0 fully saturated rings. The van der Waals surface area contributed by atoms with Crippen molar-refractivity contribution < 1.29 is 0 Å². The van der Waals surface area contributed by atoms with Crippen LogP contribution in [0.5, 0.6) is 0 Å². The molecule has 0 atom stereocenters. The largest absolute Gasteiger partial charge is 0.0984 e. The maximum Gasteiger partial charge on any atom is -0.0109 e. The number of fused-ring (bicyclic) bond motifs is 1. The molecule has 0 aromatic heterocycles. The third-order valence-electron chi connectivity index (χ3n) is 3.81. The van der Waals surface area contributed by atoms with Gasteiger partial charge in [0.1, 0.15) is 0 Å². The van der Waals surface area contributed by atoms with Crippen LogP contribution >= 0.6 is 0 Å². The van der Waals surface area contributed by atoms with Crippen molar-refractivity contribution in [3.63, 3.8) is 0 Å². The average molecular weight is 252 g/mol. The quantitative estimate of drug-likeness (QED) is 0.530. The van der Waals surface area contributed by atoms with Gasteiger partial charge in [0.2, 0.25) is 0 Å². The van der Waals surface area contributed by atoms with Gasteiger partial charge >= 0.3 is 0 Å². The average Bonchev–Trinajstić information content (AvgIpc) is 2.46. The van der Waals surface area contributed by atoms with Crippen molar-refractivity contribution in [3.8, 4) is 0 Å². The van der Waals surface area contributed by atoms with Crippen molar-refractivity contribution in [1.82, 2.24) is 0 Å². The van der Waals surface area contributed by atoms with Crippen LogP contribution in [-0.2, 0) is 6.42 Å². The highest BCUT2D eigenvalue weighted by atomic mass is 14.1. The number of hydrogen-bond donors (Lipinski definition) is 0. The minimum Gasteiger partial charge on any atom is -0.0984 e. The van der Waals surface area contributed by atoms with Crippen molar-refractivity contribution >= 4 is 16.8 Å². The SMILES string of the molecule is C=Cc1c(CCCCCCC)ccc2ccccc12. The van der Waals surface area contributed by atoms with Gasteiger partial charge in [-0.1, -0.05) is 81.7 Å². The van der Waals surface area contributed by atoms with Gasteiger partial charge in [0.15, 0.2) is 0 Å². The van der Waals surface area contributed by atoms with Crippen molar-refractivity contribution in [2.75, 3.05) is 0 Å². The lowest BCUT2D eigenvalue weighted by molar-refractivity contribution is 0.632.